The summed E-state index contributed by atoms with van der Waals surface area (Å²) < 4.78 is 0. The van der Waals surface area contributed by atoms with Crippen molar-refractivity contribution in [1.82, 2.24) is 9.97 Å². The van der Waals surface area contributed by atoms with Crippen molar-refractivity contribution in [2.75, 3.05) is 0 Å². The molecule has 4 heteroatoms. The van der Waals surface area contributed by atoms with Gasteiger partial charge in [-0.15, -0.1) is 0 Å². The van der Waals surface area contributed by atoms with Crippen molar-refractivity contribution in [3.8, 4) is 11.1 Å². The van der Waals surface area contributed by atoms with Crippen LogP contribution in [0.5, 0.6) is 0 Å². The summed E-state index contributed by atoms with van der Waals surface area (Å²) >= 11 is 0. The molecule has 118 valence electrons. The normalized spacial score (nSPS) is 11.2. The molecule has 0 amide bonds. The molecular weight excluding hydrogens is 300 g/mol. The first-order chi connectivity index (χ1) is 11.8. The minimum Gasteiger partial charge on any atom is -0.392 e. The molecule has 0 aliphatic carbocycles. The van der Waals surface area contributed by atoms with Crippen LogP contribution in [0.1, 0.15) is 11.1 Å². The van der Waals surface area contributed by atoms with Gasteiger partial charge in [-0.2, -0.15) is 0 Å². The lowest BCUT2D eigenvalue weighted by Crippen LogP contribution is -1.99. The van der Waals surface area contributed by atoms with Gasteiger partial charge >= 0.3 is 0 Å². The number of aliphatic hydroxyl groups excluding tert-OH is 2. The van der Waals surface area contributed by atoms with Crippen LogP contribution in [-0.2, 0) is 13.2 Å². The van der Waals surface area contributed by atoms with Crippen molar-refractivity contribution in [1.29, 1.82) is 0 Å². The highest BCUT2D eigenvalue weighted by atomic mass is 16.3. The molecule has 0 fully saturated rings. The van der Waals surface area contributed by atoms with Crippen LogP contribution in [0.25, 0.3) is 32.9 Å². The van der Waals surface area contributed by atoms with Crippen molar-refractivity contribution in [2.45, 2.75) is 13.2 Å². The van der Waals surface area contributed by atoms with Gasteiger partial charge in [-0.25, -0.2) is 0 Å². The summed E-state index contributed by atoms with van der Waals surface area (Å²) in [6.07, 6.45) is 3.48. The lowest BCUT2D eigenvalue weighted by Gasteiger charge is -2.16. The third-order valence-electron chi connectivity index (χ3n) is 4.31. The number of pyridine rings is 2. The Bertz CT molecular complexity index is 959. The van der Waals surface area contributed by atoms with Gasteiger partial charge in [0.1, 0.15) is 0 Å². The second-order valence-corrected chi connectivity index (χ2v) is 5.67. The van der Waals surface area contributed by atoms with E-state index in [1.165, 1.54) is 0 Å². The second kappa shape index (κ2) is 6.00. The summed E-state index contributed by atoms with van der Waals surface area (Å²) in [5.74, 6) is 0. The quantitative estimate of drug-likeness (QED) is 0.608. The van der Waals surface area contributed by atoms with Crippen LogP contribution in [0, 0.1) is 0 Å². The Morgan fingerprint density at radius 1 is 0.625 bits per heavy atom. The average Bonchev–Trinajstić information content (AvgIpc) is 2.66. The van der Waals surface area contributed by atoms with Crippen LogP contribution in [0.4, 0.5) is 0 Å². The highest BCUT2D eigenvalue weighted by Gasteiger charge is 2.17. The highest BCUT2D eigenvalue weighted by molar-refractivity contribution is 6.04. The Morgan fingerprint density at radius 3 is 1.50 bits per heavy atom. The monoisotopic (exact) mass is 316 g/mol. The average molecular weight is 316 g/mol. The zero-order valence-electron chi connectivity index (χ0n) is 13.0. The van der Waals surface area contributed by atoms with E-state index in [9.17, 15) is 10.2 Å². The summed E-state index contributed by atoms with van der Waals surface area (Å²) in [4.78, 5) is 9.06. The molecule has 0 aliphatic heterocycles. The summed E-state index contributed by atoms with van der Waals surface area (Å²) in [6, 6.07) is 15.5. The summed E-state index contributed by atoms with van der Waals surface area (Å²) in [7, 11) is 0. The van der Waals surface area contributed by atoms with Crippen molar-refractivity contribution < 1.29 is 10.2 Å². The standard InChI is InChI=1S/C20H16N2O2/c23-11-15-7-5-13-3-1-9-21-19(13)17(15)18-16(12-24)8-6-14-4-2-10-22-20(14)18/h1-10,23-24H,11-12H2. The second-order valence-electron chi connectivity index (χ2n) is 5.67. The van der Waals surface area contributed by atoms with Gasteiger partial charge in [-0.3, -0.25) is 9.97 Å². The van der Waals surface area contributed by atoms with E-state index in [0.717, 1.165) is 44.1 Å². The van der Waals surface area contributed by atoms with E-state index < -0.39 is 0 Å². The SMILES string of the molecule is OCc1ccc2cccnc2c1-c1c(CO)ccc2cccnc12. The van der Waals surface area contributed by atoms with E-state index >= 15 is 0 Å². The van der Waals surface area contributed by atoms with E-state index in [2.05, 4.69) is 9.97 Å². The van der Waals surface area contributed by atoms with E-state index in [-0.39, 0.29) is 13.2 Å². The number of hydrogen-bond donors (Lipinski definition) is 2. The number of rotatable bonds is 3. The predicted molar refractivity (Wildman–Crippen MR) is 94.3 cm³/mol. The summed E-state index contributed by atoms with van der Waals surface area (Å²) in [5.41, 5.74) is 4.82. The van der Waals surface area contributed by atoms with Crippen LogP contribution in [0.15, 0.2) is 60.9 Å². The Labute approximate surface area is 139 Å². The Balaban J connectivity index is 2.21. The molecule has 2 aromatic heterocycles. The molecule has 4 aromatic rings. The van der Waals surface area contributed by atoms with Gasteiger partial charge in [-0.05, 0) is 23.3 Å². The lowest BCUT2D eigenvalue weighted by atomic mass is 9.91. The van der Waals surface area contributed by atoms with Gasteiger partial charge in [0.2, 0.25) is 0 Å². The fourth-order valence-corrected chi connectivity index (χ4v) is 3.20. The molecule has 0 unspecified atom stereocenters. The third kappa shape index (κ3) is 2.24. The first-order valence-electron chi connectivity index (χ1n) is 7.79. The largest absolute Gasteiger partial charge is 0.392 e. The van der Waals surface area contributed by atoms with E-state index in [1.54, 1.807) is 12.4 Å². The van der Waals surface area contributed by atoms with Crippen LogP contribution >= 0.6 is 0 Å². The topological polar surface area (TPSA) is 66.2 Å². The molecule has 0 saturated carbocycles. The minimum absolute atomic E-state index is 0.101. The molecule has 24 heavy (non-hydrogen) atoms. The number of aromatic nitrogens is 2. The molecular formula is C20H16N2O2. The number of aliphatic hydroxyl groups is 2. The Hall–Kier alpha value is -2.82. The number of benzene rings is 2. The third-order valence-corrected chi connectivity index (χ3v) is 4.31. The molecule has 2 N–H and O–H groups in total. The predicted octanol–water partition coefficient (Wildman–Crippen LogP) is 3.43. The molecule has 0 atom stereocenters. The number of hydrogen-bond acceptors (Lipinski definition) is 4. The first-order valence-corrected chi connectivity index (χ1v) is 7.79. The van der Waals surface area contributed by atoms with Crippen LogP contribution in [0.3, 0.4) is 0 Å². The van der Waals surface area contributed by atoms with Crippen LogP contribution in [0.2, 0.25) is 0 Å². The van der Waals surface area contributed by atoms with Crippen LogP contribution in [-0.4, -0.2) is 20.2 Å². The van der Waals surface area contributed by atoms with Crippen LogP contribution < -0.4 is 0 Å². The molecule has 0 aliphatic rings. The van der Waals surface area contributed by atoms with Gasteiger partial charge < -0.3 is 10.2 Å². The smallest absolute Gasteiger partial charge is 0.0784 e. The fraction of sp³-hybridized carbons (Fsp3) is 0.100. The Kier molecular flexibility index (Phi) is 3.69. The zero-order chi connectivity index (χ0) is 16.5. The zero-order valence-corrected chi connectivity index (χ0v) is 13.0. The maximum Gasteiger partial charge on any atom is 0.0784 e. The fourth-order valence-electron chi connectivity index (χ4n) is 3.20. The number of fused-ring (bicyclic) bond motifs is 2. The molecule has 0 spiro atoms. The van der Waals surface area contributed by atoms with Crippen molar-refractivity contribution >= 4 is 21.8 Å². The van der Waals surface area contributed by atoms with E-state index in [4.69, 9.17) is 0 Å². The van der Waals surface area contributed by atoms with Gasteiger partial charge in [0.25, 0.3) is 0 Å². The number of nitrogens with zero attached hydrogens (tertiary/aromatic N) is 2. The molecule has 4 nitrogen and oxygen atoms in total. The molecule has 0 bridgehead atoms. The van der Waals surface area contributed by atoms with Crippen molar-refractivity contribution in [2.24, 2.45) is 0 Å². The summed E-state index contributed by atoms with van der Waals surface area (Å²) in [5, 5.41) is 21.7. The molecule has 0 radical (unpaired) electrons. The first kappa shape index (κ1) is 14.8. The van der Waals surface area contributed by atoms with Gasteiger partial charge in [0.15, 0.2) is 0 Å². The highest BCUT2D eigenvalue weighted by Crippen LogP contribution is 2.37. The molecule has 2 aromatic carbocycles. The van der Waals surface area contributed by atoms with Gasteiger partial charge in [-0.1, -0.05) is 36.4 Å². The lowest BCUT2D eigenvalue weighted by molar-refractivity contribution is 0.280. The van der Waals surface area contributed by atoms with E-state index in [0.29, 0.717) is 0 Å². The maximum atomic E-state index is 9.86. The maximum absolute atomic E-state index is 9.86. The van der Waals surface area contributed by atoms with Gasteiger partial charge in [0, 0.05) is 34.3 Å². The molecule has 4 rings (SSSR count). The van der Waals surface area contributed by atoms with Gasteiger partial charge in [0.05, 0.1) is 24.2 Å². The Morgan fingerprint density at radius 2 is 1.08 bits per heavy atom. The van der Waals surface area contributed by atoms with Crippen molar-refractivity contribution in [3.63, 3.8) is 0 Å². The minimum atomic E-state index is -0.101. The summed E-state index contributed by atoms with van der Waals surface area (Å²) in [6.45, 7) is -0.203. The molecule has 2 heterocycles. The van der Waals surface area contributed by atoms with Crippen molar-refractivity contribution in [3.05, 3.63) is 72.1 Å². The molecule has 0 saturated heterocycles. The van der Waals surface area contributed by atoms with E-state index in [1.807, 2.05) is 48.5 Å².